The fourth-order valence-electron chi connectivity index (χ4n) is 1.49. The molecule has 0 heterocycles. The summed E-state index contributed by atoms with van der Waals surface area (Å²) in [6.07, 6.45) is -4.28. The van der Waals surface area contributed by atoms with Gasteiger partial charge in [-0.15, -0.1) is 0 Å². The van der Waals surface area contributed by atoms with Crippen LogP contribution in [0.1, 0.15) is 32.6 Å². The number of nitrogens with zero attached hydrogens (tertiary/aromatic N) is 1. The van der Waals surface area contributed by atoms with Crippen LogP contribution >= 0.6 is 0 Å². The number of alkyl halides is 3. The Bertz CT molecular complexity index is 347. The first-order valence-corrected chi connectivity index (χ1v) is 8.11. The Kier molecular flexibility index (Phi) is 9.36. The maximum atomic E-state index is 11.9. The minimum absolute atomic E-state index is 0.0238. The molecule has 20 heavy (non-hydrogen) atoms. The van der Waals surface area contributed by atoms with Crippen LogP contribution in [0.2, 0.25) is 0 Å². The zero-order chi connectivity index (χ0) is 15.6. The van der Waals surface area contributed by atoms with Crippen molar-refractivity contribution in [3.8, 4) is 0 Å². The van der Waals surface area contributed by atoms with E-state index < -0.39 is 22.8 Å². The summed E-state index contributed by atoms with van der Waals surface area (Å²) in [5.74, 6) is 0. The summed E-state index contributed by atoms with van der Waals surface area (Å²) in [5.41, 5.74) is 0. The summed E-state index contributed by atoms with van der Waals surface area (Å²) < 4.78 is 62.6. The first kappa shape index (κ1) is 19.6. The summed E-state index contributed by atoms with van der Waals surface area (Å²) in [6, 6.07) is 0. The number of rotatable bonds is 11. The summed E-state index contributed by atoms with van der Waals surface area (Å²) >= 11 is 0. The van der Waals surface area contributed by atoms with Gasteiger partial charge in [-0.05, 0) is 32.4 Å². The predicted octanol–water partition coefficient (Wildman–Crippen LogP) is 1.48. The second kappa shape index (κ2) is 9.54. The molecule has 0 spiro atoms. The van der Waals surface area contributed by atoms with Crippen LogP contribution in [-0.4, -0.2) is 52.1 Å². The zero-order valence-electron chi connectivity index (χ0n) is 12.0. The second-order valence-electron chi connectivity index (χ2n) is 4.50. The molecule has 0 aliphatic rings. The van der Waals surface area contributed by atoms with Crippen molar-refractivity contribution in [1.82, 2.24) is 14.3 Å². The van der Waals surface area contributed by atoms with Gasteiger partial charge in [0.25, 0.3) is 10.2 Å². The fourth-order valence-corrected chi connectivity index (χ4v) is 2.48. The largest absolute Gasteiger partial charge is 0.389 e. The van der Waals surface area contributed by atoms with E-state index in [1.807, 2.05) is 6.92 Å². The highest BCUT2D eigenvalue weighted by molar-refractivity contribution is 7.87. The minimum atomic E-state index is -4.18. The van der Waals surface area contributed by atoms with Gasteiger partial charge in [-0.25, -0.2) is 4.72 Å². The molecule has 0 amide bonds. The van der Waals surface area contributed by atoms with Gasteiger partial charge in [0, 0.05) is 26.6 Å². The zero-order valence-corrected chi connectivity index (χ0v) is 12.8. The molecule has 0 aromatic rings. The van der Waals surface area contributed by atoms with E-state index in [2.05, 4.69) is 10.0 Å². The average Bonchev–Trinajstić information content (AvgIpc) is 2.32. The molecule has 0 saturated carbocycles. The highest BCUT2D eigenvalue weighted by atomic mass is 32.2. The lowest BCUT2D eigenvalue weighted by atomic mass is 10.2. The molecule has 0 rings (SSSR count). The molecule has 5 nitrogen and oxygen atoms in total. The van der Waals surface area contributed by atoms with E-state index in [1.54, 1.807) is 0 Å². The monoisotopic (exact) mass is 319 g/mol. The number of nitrogens with one attached hydrogen (secondary N) is 2. The van der Waals surface area contributed by atoms with Gasteiger partial charge in [-0.1, -0.05) is 6.92 Å². The quantitative estimate of drug-likeness (QED) is 0.567. The van der Waals surface area contributed by atoms with Gasteiger partial charge in [0.05, 0.1) is 0 Å². The lowest BCUT2D eigenvalue weighted by molar-refractivity contribution is -0.135. The molecule has 0 fully saturated rings. The Morgan fingerprint density at radius 2 is 1.75 bits per heavy atom. The molecule has 2 N–H and O–H groups in total. The maximum absolute atomic E-state index is 11.9. The van der Waals surface area contributed by atoms with E-state index in [1.165, 1.54) is 11.4 Å². The summed E-state index contributed by atoms with van der Waals surface area (Å²) in [5, 5.41) is 3.08. The second-order valence-corrected chi connectivity index (χ2v) is 6.36. The van der Waals surface area contributed by atoms with Crippen LogP contribution in [0.15, 0.2) is 0 Å². The molecule has 0 bridgehead atoms. The van der Waals surface area contributed by atoms with Gasteiger partial charge in [-0.2, -0.15) is 25.9 Å². The van der Waals surface area contributed by atoms with Gasteiger partial charge < -0.3 is 5.32 Å². The third-order valence-electron chi connectivity index (χ3n) is 2.66. The van der Waals surface area contributed by atoms with Gasteiger partial charge in [0.1, 0.15) is 0 Å². The van der Waals surface area contributed by atoms with Crippen LogP contribution < -0.4 is 10.0 Å². The molecule has 122 valence electrons. The smallest absolute Gasteiger partial charge is 0.317 e. The van der Waals surface area contributed by atoms with E-state index in [9.17, 15) is 21.6 Å². The summed E-state index contributed by atoms with van der Waals surface area (Å²) in [6.45, 7) is 3.90. The van der Waals surface area contributed by atoms with E-state index in [-0.39, 0.29) is 19.4 Å². The first-order chi connectivity index (χ1) is 9.19. The van der Waals surface area contributed by atoms with E-state index in [0.29, 0.717) is 13.0 Å². The summed E-state index contributed by atoms with van der Waals surface area (Å²) in [4.78, 5) is 0. The van der Waals surface area contributed by atoms with Gasteiger partial charge in [0.15, 0.2) is 0 Å². The molecule has 0 aliphatic heterocycles. The number of hydrogen-bond donors (Lipinski definition) is 2. The highest BCUT2D eigenvalue weighted by Crippen LogP contribution is 2.21. The van der Waals surface area contributed by atoms with E-state index in [4.69, 9.17) is 0 Å². The van der Waals surface area contributed by atoms with Gasteiger partial charge in [0.2, 0.25) is 0 Å². The fraction of sp³-hybridized carbons (Fsp3) is 1.00. The Labute approximate surface area is 119 Å². The van der Waals surface area contributed by atoms with Gasteiger partial charge >= 0.3 is 6.18 Å². The van der Waals surface area contributed by atoms with Gasteiger partial charge in [-0.3, -0.25) is 0 Å². The van der Waals surface area contributed by atoms with E-state index >= 15 is 0 Å². The topological polar surface area (TPSA) is 61.4 Å². The number of unbranched alkanes of at least 4 members (excludes halogenated alkanes) is 1. The Hall–Kier alpha value is -0.380. The van der Waals surface area contributed by atoms with Crippen molar-refractivity contribution in [3.63, 3.8) is 0 Å². The standard InChI is InChI=1S/C11H24F3N3O2S/c1-3-15-8-6-10-17(2)20(18,19)16-9-5-4-7-11(12,13)14/h15-16H,3-10H2,1-2H3. The van der Waals surface area contributed by atoms with E-state index in [0.717, 1.165) is 13.1 Å². The van der Waals surface area contributed by atoms with Crippen LogP contribution in [0.25, 0.3) is 0 Å². The van der Waals surface area contributed by atoms with Crippen LogP contribution in [0.5, 0.6) is 0 Å². The van der Waals surface area contributed by atoms with Crippen molar-refractivity contribution in [1.29, 1.82) is 0 Å². The number of halogens is 3. The molecule has 0 aromatic heterocycles. The van der Waals surface area contributed by atoms with Crippen molar-refractivity contribution < 1.29 is 21.6 Å². The van der Waals surface area contributed by atoms with Crippen molar-refractivity contribution in [2.24, 2.45) is 0 Å². The lowest BCUT2D eigenvalue weighted by Crippen LogP contribution is -2.39. The van der Waals surface area contributed by atoms with Crippen LogP contribution in [0, 0.1) is 0 Å². The molecular formula is C11H24F3N3O2S. The van der Waals surface area contributed by atoms with Crippen molar-refractivity contribution in [2.45, 2.75) is 38.8 Å². The highest BCUT2D eigenvalue weighted by Gasteiger charge is 2.26. The van der Waals surface area contributed by atoms with Crippen molar-refractivity contribution >= 4 is 10.2 Å². The Morgan fingerprint density at radius 3 is 2.30 bits per heavy atom. The molecule has 0 saturated heterocycles. The van der Waals surface area contributed by atoms with Crippen molar-refractivity contribution in [3.05, 3.63) is 0 Å². The van der Waals surface area contributed by atoms with Crippen molar-refractivity contribution in [2.75, 3.05) is 33.2 Å². The Morgan fingerprint density at radius 1 is 1.10 bits per heavy atom. The molecular weight excluding hydrogens is 295 g/mol. The normalized spacial score (nSPS) is 13.1. The SMILES string of the molecule is CCNCCCN(C)S(=O)(=O)NCCCCC(F)(F)F. The average molecular weight is 319 g/mol. The van der Waals surface area contributed by atoms with Crippen LogP contribution in [0.4, 0.5) is 13.2 Å². The molecule has 9 heteroatoms. The molecule has 0 aliphatic carbocycles. The molecule has 0 atom stereocenters. The van der Waals surface area contributed by atoms with Crippen LogP contribution in [0.3, 0.4) is 0 Å². The maximum Gasteiger partial charge on any atom is 0.389 e. The third kappa shape index (κ3) is 10.4. The minimum Gasteiger partial charge on any atom is -0.317 e. The predicted molar refractivity (Wildman–Crippen MR) is 72.6 cm³/mol. The third-order valence-corrected chi connectivity index (χ3v) is 4.23. The molecule has 0 radical (unpaired) electrons. The lowest BCUT2D eigenvalue weighted by Gasteiger charge is -2.17. The molecule has 0 aromatic carbocycles. The number of hydrogen-bond acceptors (Lipinski definition) is 3. The Balaban J connectivity index is 3.83. The van der Waals surface area contributed by atoms with Crippen LogP contribution in [-0.2, 0) is 10.2 Å². The summed E-state index contributed by atoms with van der Waals surface area (Å²) in [7, 11) is -2.14. The molecule has 0 unspecified atom stereocenters. The first-order valence-electron chi connectivity index (χ1n) is 6.67.